The first-order valence-electron chi connectivity index (χ1n) is 21.3. The second-order valence-electron chi connectivity index (χ2n) is 16.0. The van der Waals surface area contributed by atoms with E-state index < -0.39 is 0 Å². The van der Waals surface area contributed by atoms with Crippen molar-refractivity contribution in [2.45, 2.75) is 0 Å². The molecular formula is C60H39NS. The molecule has 290 valence electrons. The fourth-order valence-corrected chi connectivity index (χ4v) is 10.8. The van der Waals surface area contributed by atoms with Crippen molar-refractivity contribution < 1.29 is 0 Å². The molecule has 11 aromatic carbocycles. The zero-order valence-corrected chi connectivity index (χ0v) is 34.7. The van der Waals surface area contributed by atoms with Gasteiger partial charge in [0.2, 0.25) is 0 Å². The van der Waals surface area contributed by atoms with Crippen LogP contribution in [0, 0.1) is 0 Å². The Balaban J connectivity index is 1.04. The predicted octanol–water partition coefficient (Wildman–Crippen LogP) is 17.7. The number of fused-ring (bicyclic) bond motifs is 7. The molecule has 0 spiro atoms. The van der Waals surface area contributed by atoms with Crippen LogP contribution >= 0.6 is 11.3 Å². The van der Waals surface area contributed by atoms with Gasteiger partial charge in [-0.2, -0.15) is 0 Å². The quantitative estimate of drug-likeness (QED) is 0.145. The third kappa shape index (κ3) is 6.07. The van der Waals surface area contributed by atoms with E-state index in [-0.39, 0.29) is 0 Å². The zero-order chi connectivity index (χ0) is 41.0. The van der Waals surface area contributed by atoms with E-state index in [2.05, 4.69) is 241 Å². The minimum absolute atomic E-state index is 1.11. The molecule has 0 amide bonds. The number of benzene rings is 11. The lowest BCUT2D eigenvalue weighted by Gasteiger charge is -2.27. The van der Waals surface area contributed by atoms with E-state index in [1.807, 2.05) is 11.3 Å². The summed E-state index contributed by atoms with van der Waals surface area (Å²) in [5.41, 5.74) is 13.1. The number of rotatable bonds is 7. The SMILES string of the molecule is c1ccc(-c2c(-c3ccccc3)c3cc(-c4ccc(N(c5cccc(-c6cccc7ccccc67)c5)c5cccc6c5sc5ccccc56)cc4)ccc3c3ccccc23)cc1. The van der Waals surface area contributed by atoms with Crippen molar-refractivity contribution in [3.63, 3.8) is 0 Å². The summed E-state index contributed by atoms with van der Waals surface area (Å²) in [6.07, 6.45) is 0. The maximum atomic E-state index is 2.45. The van der Waals surface area contributed by atoms with Gasteiger partial charge >= 0.3 is 0 Å². The van der Waals surface area contributed by atoms with E-state index >= 15 is 0 Å². The first-order chi connectivity index (χ1) is 30.8. The van der Waals surface area contributed by atoms with Crippen molar-refractivity contribution in [3.05, 3.63) is 237 Å². The molecule has 0 aliphatic rings. The number of anilines is 3. The van der Waals surface area contributed by atoms with Crippen LogP contribution < -0.4 is 4.90 Å². The smallest absolute Gasteiger partial charge is 0.0640 e. The summed E-state index contributed by atoms with van der Waals surface area (Å²) in [7, 11) is 0. The van der Waals surface area contributed by atoms with Gasteiger partial charge in [0.15, 0.2) is 0 Å². The minimum Gasteiger partial charge on any atom is -0.309 e. The highest BCUT2D eigenvalue weighted by Crippen LogP contribution is 2.48. The second kappa shape index (κ2) is 15.0. The summed E-state index contributed by atoms with van der Waals surface area (Å²) < 4.78 is 2.57. The Kier molecular flexibility index (Phi) is 8.76. The molecule has 0 unspecified atom stereocenters. The molecule has 12 aromatic rings. The highest BCUT2D eigenvalue weighted by atomic mass is 32.1. The van der Waals surface area contributed by atoms with E-state index in [1.165, 1.54) is 103 Å². The Labute approximate surface area is 365 Å². The van der Waals surface area contributed by atoms with Crippen LogP contribution in [0.2, 0.25) is 0 Å². The molecule has 1 heterocycles. The van der Waals surface area contributed by atoms with Gasteiger partial charge in [0.25, 0.3) is 0 Å². The first-order valence-corrected chi connectivity index (χ1v) is 22.1. The predicted molar refractivity (Wildman–Crippen MR) is 268 cm³/mol. The van der Waals surface area contributed by atoms with Gasteiger partial charge in [-0.05, 0) is 119 Å². The van der Waals surface area contributed by atoms with E-state index in [0.29, 0.717) is 0 Å². The maximum absolute atomic E-state index is 2.45. The normalized spacial score (nSPS) is 11.5. The summed E-state index contributed by atoms with van der Waals surface area (Å²) >= 11 is 1.87. The van der Waals surface area contributed by atoms with E-state index in [0.717, 1.165) is 11.4 Å². The van der Waals surface area contributed by atoms with Crippen LogP contribution in [0.5, 0.6) is 0 Å². The van der Waals surface area contributed by atoms with Crippen LogP contribution in [0.3, 0.4) is 0 Å². The largest absolute Gasteiger partial charge is 0.309 e. The van der Waals surface area contributed by atoms with Crippen LogP contribution in [0.15, 0.2) is 237 Å². The van der Waals surface area contributed by atoms with Crippen molar-refractivity contribution in [2.75, 3.05) is 4.90 Å². The van der Waals surface area contributed by atoms with Crippen LogP contribution in [0.4, 0.5) is 17.1 Å². The molecule has 0 bridgehead atoms. The van der Waals surface area contributed by atoms with E-state index in [1.54, 1.807) is 0 Å². The number of hydrogen-bond donors (Lipinski definition) is 0. The van der Waals surface area contributed by atoms with Gasteiger partial charge in [-0.25, -0.2) is 0 Å². The van der Waals surface area contributed by atoms with Crippen molar-refractivity contribution in [2.24, 2.45) is 0 Å². The molecule has 0 radical (unpaired) electrons. The lowest BCUT2D eigenvalue weighted by Crippen LogP contribution is -2.10. The summed E-state index contributed by atoms with van der Waals surface area (Å²) in [6.45, 7) is 0. The molecule has 12 rings (SSSR count). The monoisotopic (exact) mass is 805 g/mol. The fourth-order valence-electron chi connectivity index (χ4n) is 9.61. The van der Waals surface area contributed by atoms with E-state index in [9.17, 15) is 0 Å². The molecule has 1 aromatic heterocycles. The zero-order valence-electron chi connectivity index (χ0n) is 33.9. The van der Waals surface area contributed by atoms with Gasteiger partial charge < -0.3 is 4.90 Å². The van der Waals surface area contributed by atoms with Crippen molar-refractivity contribution in [3.8, 4) is 44.5 Å². The maximum Gasteiger partial charge on any atom is 0.0640 e. The first kappa shape index (κ1) is 36.1. The van der Waals surface area contributed by atoms with E-state index in [4.69, 9.17) is 0 Å². The molecular weight excluding hydrogens is 767 g/mol. The van der Waals surface area contributed by atoms with Crippen LogP contribution in [0.1, 0.15) is 0 Å². The summed E-state index contributed by atoms with van der Waals surface area (Å²) in [5, 5.41) is 10.1. The molecule has 62 heavy (non-hydrogen) atoms. The number of thiophene rings is 1. The van der Waals surface area contributed by atoms with Gasteiger partial charge in [-0.3, -0.25) is 0 Å². The van der Waals surface area contributed by atoms with Crippen LogP contribution in [-0.4, -0.2) is 0 Å². The summed E-state index contributed by atoms with van der Waals surface area (Å²) in [6, 6.07) is 86.7. The van der Waals surface area contributed by atoms with Gasteiger partial charge in [-0.1, -0.05) is 194 Å². The fraction of sp³-hybridized carbons (Fsp3) is 0. The molecule has 0 aliphatic carbocycles. The molecule has 0 saturated carbocycles. The highest BCUT2D eigenvalue weighted by Gasteiger charge is 2.21. The standard InChI is InChI=1S/C60H39NS/c1-3-17-42(18-4-1)58-53-27-10-9-25-50(53)51-37-34-44(39-55(51)59(58)43-19-5-2-6-20-43)40-32-35-46(36-33-40)61(56-30-15-29-54-52-26-11-12-31-57(52)62-60(54)56)47-23-13-22-45(38-47)49-28-14-21-41-16-7-8-24-48(41)49/h1-39H. The van der Waals surface area contributed by atoms with Gasteiger partial charge in [0.05, 0.1) is 10.4 Å². The van der Waals surface area contributed by atoms with Crippen molar-refractivity contribution >= 4 is 80.9 Å². The third-order valence-electron chi connectivity index (χ3n) is 12.4. The average molecular weight is 806 g/mol. The highest BCUT2D eigenvalue weighted by molar-refractivity contribution is 7.26. The van der Waals surface area contributed by atoms with Gasteiger partial charge in [0.1, 0.15) is 0 Å². The Morgan fingerprint density at radius 3 is 1.65 bits per heavy atom. The minimum atomic E-state index is 1.11. The Morgan fingerprint density at radius 2 is 0.855 bits per heavy atom. The van der Waals surface area contributed by atoms with Crippen molar-refractivity contribution in [1.29, 1.82) is 0 Å². The number of nitrogens with zero attached hydrogens (tertiary/aromatic N) is 1. The molecule has 1 nitrogen and oxygen atoms in total. The third-order valence-corrected chi connectivity index (χ3v) is 13.6. The van der Waals surface area contributed by atoms with Gasteiger partial charge in [0, 0.05) is 26.8 Å². The Morgan fingerprint density at radius 1 is 0.290 bits per heavy atom. The number of hydrogen-bond acceptors (Lipinski definition) is 2. The summed E-state index contributed by atoms with van der Waals surface area (Å²) in [5.74, 6) is 0. The molecule has 0 saturated heterocycles. The molecule has 0 aliphatic heterocycles. The topological polar surface area (TPSA) is 3.24 Å². The van der Waals surface area contributed by atoms with Crippen LogP contribution in [0.25, 0.3) is 97.0 Å². The molecule has 2 heteroatoms. The average Bonchev–Trinajstić information content (AvgIpc) is 3.74. The second-order valence-corrected chi connectivity index (χ2v) is 17.1. The Bertz CT molecular complexity index is 3620. The lowest BCUT2D eigenvalue weighted by atomic mass is 9.84. The lowest BCUT2D eigenvalue weighted by molar-refractivity contribution is 1.30. The summed E-state index contributed by atoms with van der Waals surface area (Å²) in [4.78, 5) is 2.45. The molecule has 0 atom stereocenters. The molecule has 0 N–H and O–H groups in total. The van der Waals surface area contributed by atoms with Crippen LogP contribution in [-0.2, 0) is 0 Å². The van der Waals surface area contributed by atoms with Gasteiger partial charge in [-0.15, -0.1) is 11.3 Å². The van der Waals surface area contributed by atoms with Crippen molar-refractivity contribution in [1.82, 2.24) is 0 Å². The molecule has 0 fully saturated rings. The Hall–Kier alpha value is -7.78.